The maximum Gasteiger partial charge on any atom is 0.350 e. The van der Waals surface area contributed by atoms with Crippen LogP contribution >= 0.6 is 11.3 Å². The summed E-state index contributed by atoms with van der Waals surface area (Å²) < 4.78 is 0. The molecule has 82 valence electrons. The van der Waals surface area contributed by atoms with Crippen LogP contribution in [0.2, 0.25) is 0 Å². The minimum atomic E-state index is -1.35. The summed E-state index contributed by atoms with van der Waals surface area (Å²) in [7, 11) is 0. The predicted molar refractivity (Wildman–Crippen MR) is 56.9 cm³/mol. The normalized spacial score (nSPS) is 11.9. The maximum atomic E-state index is 10.6. The Morgan fingerprint density at radius 2 is 2.47 bits per heavy atom. The molecule has 3 N–H and O–H groups in total. The van der Waals surface area contributed by atoms with Gasteiger partial charge in [-0.05, 0) is 13.8 Å². The predicted octanol–water partition coefficient (Wildman–Crippen LogP) is 0.939. The number of rotatable bonds is 4. The van der Waals surface area contributed by atoms with Crippen LogP contribution in [0.1, 0.15) is 19.5 Å². The highest BCUT2D eigenvalue weighted by Gasteiger charge is 2.29. The smallest absolute Gasteiger partial charge is 0.350 e. The van der Waals surface area contributed by atoms with Crippen molar-refractivity contribution in [3.63, 3.8) is 0 Å². The molecule has 7 heteroatoms. The van der Waals surface area contributed by atoms with Crippen molar-refractivity contribution in [2.24, 2.45) is 5.16 Å². The minimum absolute atomic E-state index is 0.425. The zero-order chi connectivity index (χ0) is 11.5. The lowest BCUT2D eigenvalue weighted by molar-refractivity contribution is -0.161. The first-order chi connectivity index (χ1) is 6.92. The summed E-state index contributed by atoms with van der Waals surface area (Å²) in [6.07, 6.45) is 1.32. The van der Waals surface area contributed by atoms with E-state index in [1.807, 2.05) is 0 Å². The number of aliphatic carboxylic acids is 1. The number of oxime groups is 1. The van der Waals surface area contributed by atoms with Gasteiger partial charge in [-0.1, -0.05) is 5.16 Å². The molecule has 0 aliphatic heterocycles. The van der Waals surface area contributed by atoms with Gasteiger partial charge in [0.1, 0.15) is 0 Å². The van der Waals surface area contributed by atoms with Crippen LogP contribution in [-0.2, 0) is 9.63 Å². The van der Waals surface area contributed by atoms with Crippen molar-refractivity contribution >= 4 is 28.7 Å². The summed E-state index contributed by atoms with van der Waals surface area (Å²) in [4.78, 5) is 19.3. The van der Waals surface area contributed by atoms with E-state index in [2.05, 4.69) is 10.1 Å². The highest BCUT2D eigenvalue weighted by atomic mass is 32.1. The number of nitrogens with two attached hydrogens (primary N) is 1. The molecule has 1 aromatic rings. The Labute approximate surface area is 90.4 Å². The first kappa shape index (κ1) is 11.4. The SMILES string of the molecule is CC(C)(O/N=C\c1csc(N)n1)C(=O)O. The highest BCUT2D eigenvalue weighted by Crippen LogP contribution is 2.11. The van der Waals surface area contributed by atoms with Gasteiger partial charge in [0.15, 0.2) is 5.13 Å². The van der Waals surface area contributed by atoms with Crippen LogP contribution in [0.5, 0.6) is 0 Å². The minimum Gasteiger partial charge on any atom is -0.478 e. The van der Waals surface area contributed by atoms with E-state index in [1.165, 1.54) is 31.4 Å². The zero-order valence-corrected chi connectivity index (χ0v) is 9.11. The molecule has 0 aliphatic rings. The number of carboxylic acids is 1. The number of hydrogen-bond acceptors (Lipinski definition) is 6. The van der Waals surface area contributed by atoms with E-state index in [9.17, 15) is 4.79 Å². The fourth-order valence-corrected chi connectivity index (χ4v) is 1.12. The second-order valence-electron chi connectivity index (χ2n) is 3.25. The fourth-order valence-electron chi connectivity index (χ4n) is 0.611. The molecule has 0 bridgehead atoms. The van der Waals surface area contributed by atoms with Crippen LogP contribution in [0, 0.1) is 0 Å². The van der Waals surface area contributed by atoms with Gasteiger partial charge in [-0.2, -0.15) is 0 Å². The molecule has 0 radical (unpaired) electrons. The molecule has 0 saturated carbocycles. The van der Waals surface area contributed by atoms with E-state index < -0.39 is 11.6 Å². The van der Waals surface area contributed by atoms with Crippen molar-refractivity contribution in [2.75, 3.05) is 5.73 Å². The number of thiazole rings is 1. The van der Waals surface area contributed by atoms with Gasteiger partial charge in [-0.3, -0.25) is 0 Å². The number of nitrogen functional groups attached to an aromatic ring is 1. The quantitative estimate of drug-likeness (QED) is 0.591. The highest BCUT2D eigenvalue weighted by molar-refractivity contribution is 7.13. The Balaban J connectivity index is 2.57. The van der Waals surface area contributed by atoms with Crippen LogP contribution < -0.4 is 5.73 Å². The Kier molecular flexibility index (Phi) is 3.25. The molecule has 0 atom stereocenters. The molecule has 0 fully saturated rings. The van der Waals surface area contributed by atoms with E-state index in [4.69, 9.17) is 15.7 Å². The van der Waals surface area contributed by atoms with Gasteiger partial charge in [0.05, 0.1) is 11.9 Å². The molecule has 0 aliphatic carbocycles. The van der Waals surface area contributed by atoms with Crippen LogP contribution in [-0.4, -0.2) is 27.9 Å². The van der Waals surface area contributed by atoms with Gasteiger partial charge in [0, 0.05) is 5.38 Å². The third kappa shape index (κ3) is 3.21. The molecule has 6 nitrogen and oxygen atoms in total. The molecular formula is C8H11N3O3S. The lowest BCUT2D eigenvalue weighted by Crippen LogP contribution is -2.32. The van der Waals surface area contributed by atoms with Crippen LogP contribution in [0.15, 0.2) is 10.5 Å². The molecule has 1 heterocycles. The molecule has 0 saturated heterocycles. The van der Waals surface area contributed by atoms with Crippen LogP contribution in [0.3, 0.4) is 0 Å². The Hall–Kier alpha value is -1.63. The van der Waals surface area contributed by atoms with Gasteiger partial charge in [-0.25, -0.2) is 9.78 Å². The summed E-state index contributed by atoms with van der Waals surface area (Å²) >= 11 is 1.27. The molecule has 1 aromatic heterocycles. The summed E-state index contributed by atoms with van der Waals surface area (Å²) in [5.41, 5.74) is 4.59. The molecule has 0 aromatic carbocycles. The van der Waals surface area contributed by atoms with Crippen molar-refractivity contribution in [3.05, 3.63) is 11.1 Å². The van der Waals surface area contributed by atoms with Crippen molar-refractivity contribution < 1.29 is 14.7 Å². The molecule has 15 heavy (non-hydrogen) atoms. The number of carbonyl (C=O) groups is 1. The van der Waals surface area contributed by atoms with E-state index in [0.29, 0.717) is 10.8 Å². The Morgan fingerprint density at radius 1 is 1.80 bits per heavy atom. The summed E-state index contributed by atoms with van der Waals surface area (Å²) in [6, 6.07) is 0. The Bertz CT molecular complexity index is 386. The average Bonchev–Trinajstić information content (AvgIpc) is 2.51. The number of carboxylic acid groups (broad SMARTS) is 1. The van der Waals surface area contributed by atoms with Crippen molar-refractivity contribution in [1.82, 2.24) is 4.98 Å². The number of aromatic nitrogens is 1. The van der Waals surface area contributed by atoms with E-state index in [0.717, 1.165) is 0 Å². The van der Waals surface area contributed by atoms with Gasteiger partial charge in [0.25, 0.3) is 0 Å². The van der Waals surface area contributed by atoms with Crippen LogP contribution in [0.25, 0.3) is 0 Å². The summed E-state index contributed by atoms with van der Waals surface area (Å²) in [5.74, 6) is -1.09. The number of anilines is 1. The third-order valence-corrected chi connectivity index (χ3v) is 2.21. The molecule has 0 unspecified atom stereocenters. The van der Waals surface area contributed by atoms with E-state index >= 15 is 0 Å². The van der Waals surface area contributed by atoms with E-state index in [-0.39, 0.29) is 0 Å². The van der Waals surface area contributed by atoms with Crippen molar-refractivity contribution in [1.29, 1.82) is 0 Å². The van der Waals surface area contributed by atoms with Crippen molar-refractivity contribution in [3.8, 4) is 0 Å². The first-order valence-corrected chi connectivity index (χ1v) is 4.96. The topological polar surface area (TPSA) is 97.8 Å². The maximum absolute atomic E-state index is 10.6. The largest absolute Gasteiger partial charge is 0.478 e. The third-order valence-electron chi connectivity index (χ3n) is 1.52. The second kappa shape index (κ2) is 4.26. The average molecular weight is 229 g/mol. The lowest BCUT2D eigenvalue weighted by Gasteiger charge is -2.15. The molecule has 0 amide bonds. The standard InChI is InChI=1S/C8H11N3O3S/c1-8(2,6(12)13)14-10-3-5-4-15-7(9)11-5/h3-4H,1-2H3,(H2,9,11)(H,12,13)/b10-3-. The van der Waals surface area contributed by atoms with E-state index in [1.54, 1.807) is 5.38 Å². The fraction of sp³-hybridized carbons (Fsp3) is 0.375. The summed E-state index contributed by atoms with van der Waals surface area (Å²) in [6.45, 7) is 2.81. The van der Waals surface area contributed by atoms with Gasteiger partial charge >= 0.3 is 5.97 Å². The lowest BCUT2D eigenvalue weighted by atomic mass is 10.1. The number of hydrogen-bond donors (Lipinski definition) is 2. The summed E-state index contributed by atoms with van der Waals surface area (Å²) in [5, 5.41) is 14.4. The Morgan fingerprint density at radius 3 is 2.93 bits per heavy atom. The van der Waals surface area contributed by atoms with Crippen molar-refractivity contribution in [2.45, 2.75) is 19.4 Å². The first-order valence-electron chi connectivity index (χ1n) is 4.08. The van der Waals surface area contributed by atoms with Gasteiger partial charge in [0.2, 0.25) is 5.60 Å². The zero-order valence-electron chi connectivity index (χ0n) is 8.30. The second-order valence-corrected chi connectivity index (χ2v) is 4.14. The van der Waals surface area contributed by atoms with Crippen LogP contribution in [0.4, 0.5) is 5.13 Å². The molecular weight excluding hydrogens is 218 g/mol. The molecule has 0 spiro atoms. The number of nitrogens with zero attached hydrogens (tertiary/aromatic N) is 2. The van der Waals surface area contributed by atoms with Gasteiger partial charge < -0.3 is 15.7 Å². The van der Waals surface area contributed by atoms with Gasteiger partial charge in [-0.15, -0.1) is 11.3 Å². The monoisotopic (exact) mass is 229 g/mol. The molecule has 1 rings (SSSR count).